The van der Waals surface area contributed by atoms with Gasteiger partial charge in [-0.25, -0.2) is 0 Å². The molecule has 0 unspecified atom stereocenters. The predicted octanol–water partition coefficient (Wildman–Crippen LogP) is 3.16. The molecule has 0 spiro atoms. The zero-order valence-electron chi connectivity index (χ0n) is 15.8. The van der Waals surface area contributed by atoms with Gasteiger partial charge in [0, 0.05) is 44.3 Å². The van der Waals surface area contributed by atoms with Crippen LogP contribution in [0.1, 0.15) is 47.4 Å². The van der Waals surface area contributed by atoms with Gasteiger partial charge in [-0.1, -0.05) is 13.3 Å². The van der Waals surface area contributed by atoms with Crippen LogP contribution in [-0.2, 0) is 4.79 Å². The smallest absolute Gasteiger partial charge is 0.257 e. The summed E-state index contributed by atoms with van der Waals surface area (Å²) < 4.78 is 0. The molecular weight excluding hydrogens is 344 g/mol. The Hall–Kier alpha value is -3.22. The van der Waals surface area contributed by atoms with Gasteiger partial charge in [0.05, 0.1) is 11.1 Å². The van der Waals surface area contributed by atoms with E-state index in [-0.39, 0.29) is 17.7 Å². The van der Waals surface area contributed by atoms with Gasteiger partial charge in [-0.3, -0.25) is 19.4 Å². The minimum Gasteiger partial charge on any atom is -0.342 e. The van der Waals surface area contributed by atoms with Crippen LogP contribution in [0.15, 0.2) is 42.7 Å². The molecule has 7 nitrogen and oxygen atoms in total. The number of amides is 3. The highest BCUT2D eigenvalue weighted by Gasteiger charge is 2.15. The highest BCUT2D eigenvalue weighted by molar-refractivity contribution is 6.06. The number of nitrogens with zero attached hydrogens (tertiary/aromatic N) is 2. The Morgan fingerprint density at radius 2 is 1.59 bits per heavy atom. The standard InChI is InChI=1S/C20H24N4O3/c1-4-5-10-24(3)20(27)16-11-15(12-21-13-16)19(26)23-18-8-6-17(7-9-18)22-14(2)25/h6-9,11-13H,4-5,10H2,1-3H3,(H,22,25)(H,23,26). The number of carbonyl (C=O) groups excluding carboxylic acids is 3. The number of anilines is 2. The fourth-order valence-corrected chi connectivity index (χ4v) is 2.44. The maximum Gasteiger partial charge on any atom is 0.257 e. The number of hydrogen-bond acceptors (Lipinski definition) is 4. The van der Waals surface area contributed by atoms with E-state index in [2.05, 4.69) is 22.5 Å². The summed E-state index contributed by atoms with van der Waals surface area (Å²) in [5.74, 6) is -0.686. The summed E-state index contributed by atoms with van der Waals surface area (Å²) in [5.41, 5.74) is 1.90. The van der Waals surface area contributed by atoms with Crippen molar-refractivity contribution in [3.8, 4) is 0 Å². The molecule has 0 aliphatic carbocycles. The predicted molar refractivity (Wildman–Crippen MR) is 105 cm³/mol. The summed E-state index contributed by atoms with van der Waals surface area (Å²) in [4.78, 5) is 41.6. The molecule has 7 heteroatoms. The van der Waals surface area contributed by atoms with Gasteiger partial charge in [0.2, 0.25) is 5.91 Å². The van der Waals surface area contributed by atoms with Crippen LogP contribution in [0.25, 0.3) is 0 Å². The third kappa shape index (κ3) is 5.91. The second kappa shape index (κ2) is 9.47. The molecule has 0 bridgehead atoms. The number of unbranched alkanes of at least 4 members (excludes halogenated alkanes) is 1. The number of nitrogens with one attached hydrogen (secondary N) is 2. The van der Waals surface area contributed by atoms with Gasteiger partial charge in [-0.15, -0.1) is 0 Å². The van der Waals surface area contributed by atoms with Crippen LogP contribution in [0.4, 0.5) is 11.4 Å². The first-order valence-corrected chi connectivity index (χ1v) is 8.80. The molecule has 0 saturated carbocycles. The van der Waals surface area contributed by atoms with Crippen LogP contribution < -0.4 is 10.6 Å². The van der Waals surface area contributed by atoms with Crippen LogP contribution in [0.5, 0.6) is 0 Å². The zero-order valence-corrected chi connectivity index (χ0v) is 15.8. The van der Waals surface area contributed by atoms with Gasteiger partial charge in [0.25, 0.3) is 11.8 Å². The second-order valence-corrected chi connectivity index (χ2v) is 6.26. The molecule has 1 heterocycles. The molecule has 0 radical (unpaired) electrons. The van der Waals surface area contributed by atoms with Crippen molar-refractivity contribution >= 4 is 29.1 Å². The van der Waals surface area contributed by atoms with E-state index in [0.717, 1.165) is 12.8 Å². The normalized spacial score (nSPS) is 10.2. The van der Waals surface area contributed by atoms with Gasteiger partial charge >= 0.3 is 0 Å². The number of rotatable bonds is 7. The number of hydrogen-bond donors (Lipinski definition) is 2. The molecule has 1 aromatic carbocycles. The van der Waals surface area contributed by atoms with Crippen LogP contribution >= 0.6 is 0 Å². The summed E-state index contributed by atoms with van der Waals surface area (Å²) in [6.45, 7) is 4.15. The van der Waals surface area contributed by atoms with Crippen LogP contribution in [0.3, 0.4) is 0 Å². The Balaban J connectivity index is 2.06. The molecule has 2 aromatic rings. The van der Waals surface area contributed by atoms with Crippen molar-refractivity contribution in [3.05, 3.63) is 53.9 Å². The maximum absolute atomic E-state index is 12.4. The SMILES string of the molecule is CCCCN(C)C(=O)c1cncc(C(=O)Nc2ccc(NC(C)=O)cc2)c1. The number of benzene rings is 1. The lowest BCUT2D eigenvalue weighted by Gasteiger charge is -2.16. The fraction of sp³-hybridized carbons (Fsp3) is 0.300. The van der Waals surface area contributed by atoms with E-state index in [1.54, 1.807) is 42.3 Å². The van der Waals surface area contributed by atoms with Gasteiger partial charge in [-0.05, 0) is 36.8 Å². The van der Waals surface area contributed by atoms with Gasteiger partial charge < -0.3 is 15.5 Å². The summed E-state index contributed by atoms with van der Waals surface area (Å²) in [6, 6.07) is 8.29. The van der Waals surface area contributed by atoms with E-state index in [1.807, 2.05) is 0 Å². The van der Waals surface area contributed by atoms with E-state index < -0.39 is 0 Å². The molecule has 2 N–H and O–H groups in total. The summed E-state index contributed by atoms with van der Waals surface area (Å²) >= 11 is 0. The van der Waals surface area contributed by atoms with Gasteiger partial charge in [0.1, 0.15) is 0 Å². The highest BCUT2D eigenvalue weighted by atomic mass is 16.2. The number of carbonyl (C=O) groups is 3. The van der Waals surface area contributed by atoms with E-state index in [1.165, 1.54) is 19.3 Å². The van der Waals surface area contributed by atoms with Crippen molar-refractivity contribution in [3.63, 3.8) is 0 Å². The zero-order chi connectivity index (χ0) is 19.8. The minimum atomic E-state index is -0.361. The average Bonchev–Trinajstić information content (AvgIpc) is 2.66. The van der Waals surface area contributed by atoms with Crippen LogP contribution in [0.2, 0.25) is 0 Å². The van der Waals surface area contributed by atoms with Crippen molar-refractivity contribution in [2.75, 3.05) is 24.2 Å². The van der Waals surface area contributed by atoms with Gasteiger partial charge in [0.15, 0.2) is 0 Å². The first kappa shape index (κ1) is 20.1. The van der Waals surface area contributed by atoms with Crippen molar-refractivity contribution in [2.24, 2.45) is 0 Å². The van der Waals surface area contributed by atoms with Gasteiger partial charge in [-0.2, -0.15) is 0 Å². The highest BCUT2D eigenvalue weighted by Crippen LogP contribution is 2.15. The Bertz CT molecular complexity index is 818. The monoisotopic (exact) mass is 368 g/mol. The molecule has 0 aliphatic heterocycles. The molecule has 0 aliphatic rings. The third-order valence-corrected chi connectivity index (χ3v) is 3.90. The van der Waals surface area contributed by atoms with E-state index in [9.17, 15) is 14.4 Å². The van der Waals surface area contributed by atoms with Crippen molar-refractivity contribution in [1.82, 2.24) is 9.88 Å². The summed E-state index contributed by atoms with van der Waals surface area (Å²) in [7, 11) is 1.74. The van der Waals surface area contributed by atoms with Crippen LogP contribution in [0, 0.1) is 0 Å². The molecule has 0 atom stereocenters. The maximum atomic E-state index is 12.4. The fourth-order valence-electron chi connectivity index (χ4n) is 2.44. The van der Waals surface area contributed by atoms with E-state index >= 15 is 0 Å². The second-order valence-electron chi connectivity index (χ2n) is 6.26. The third-order valence-electron chi connectivity index (χ3n) is 3.90. The molecule has 1 aromatic heterocycles. The number of pyridine rings is 1. The summed E-state index contributed by atoms with van der Waals surface area (Å²) in [6.07, 6.45) is 4.80. The van der Waals surface area contributed by atoms with E-state index in [0.29, 0.717) is 29.0 Å². The Morgan fingerprint density at radius 3 is 2.19 bits per heavy atom. The molecule has 3 amide bonds. The first-order chi connectivity index (χ1) is 12.9. The lowest BCUT2D eigenvalue weighted by atomic mass is 10.1. The van der Waals surface area contributed by atoms with Crippen LogP contribution in [-0.4, -0.2) is 41.2 Å². The van der Waals surface area contributed by atoms with Crippen molar-refractivity contribution < 1.29 is 14.4 Å². The molecular formula is C20H24N4O3. The van der Waals surface area contributed by atoms with E-state index in [4.69, 9.17) is 0 Å². The topological polar surface area (TPSA) is 91.4 Å². The quantitative estimate of drug-likeness (QED) is 0.785. The van der Waals surface area contributed by atoms with Crippen molar-refractivity contribution in [1.29, 1.82) is 0 Å². The number of aromatic nitrogens is 1. The van der Waals surface area contributed by atoms with Crippen molar-refractivity contribution in [2.45, 2.75) is 26.7 Å². The molecule has 142 valence electrons. The lowest BCUT2D eigenvalue weighted by Crippen LogP contribution is -2.28. The lowest BCUT2D eigenvalue weighted by molar-refractivity contribution is -0.114. The first-order valence-electron chi connectivity index (χ1n) is 8.80. The molecule has 27 heavy (non-hydrogen) atoms. The minimum absolute atomic E-state index is 0.162. The average molecular weight is 368 g/mol. The Kier molecular flexibility index (Phi) is 7.05. The molecule has 2 rings (SSSR count). The Labute approximate surface area is 158 Å². The molecule has 0 saturated heterocycles. The Morgan fingerprint density at radius 1 is 1.00 bits per heavy atom. The largest absolute Gasteiger partial charge is 0.342 e. The summed E-state index contributed by atoms with van der Waals surface area (Å²) in [5, 5.41) is 5.41. The molecule has 0 fully saturated rings.